The Morgan fingerprint density at radius 1 is 0.952 bits per heavy atom. The predicted octanol–water partition coefficient (Wildman–Crippen LogP) is 5.66. The molecule has 0 spiro atoms. The van der Waals surface area contributed by atoms with Crippen LogP contribution in [0.1, 0.15) is 66.6 Å². The number of carbonyl (C=O) groups excluding carboxylic acids is 1. The largest absolute Gasteiger partial charge is 0.480 e. The van der Waals surface area contributed by atoms with E-state index in [0.717, 1.165) is 54.3 Å². The van der Waals surface area contributed by atoms with Crippen molar-refractivity contribution >= 4 is 21.7 Å². The van der Waals surface area contributed by atoms with E-state index in [2.05, 4.69) is 48.3 Å². The fraction of sp³-hybridized carbons (Fsp3) is 0.412. The average molecular weight is 591 g/mol. The highest BCUT2D eigenvalue weighted by Crippen LogP contribution is 2.43. The molecule has 1 amide bonds. The molecule has 42 heavy (non-hydrogen) atoms. The quantitative estimate of drug-likeness (QED) is 0.267. The van der Waals surface area contributed by atoms with Gasteiger partial charge in [-0.1, -0.05) is 60.7 Å². The third-order valence-corrected chi connectivity index (χ3v) is 9.37. The zero-order chi connectivity index (χ0) is 30.5. The van der Waals surface area contributed by atoms with Gasteiger partial charge < -0.3 is 10.4 Å². The number of carboxylic acid groups (broad SMARTS) is 1. The first kappa shape index (κ1) is 31.4. The number of nitrogens with one attached hydrogen (secondary N) is 1. The molecule has 1 aliphatic rings. The number of carbonyl (C=O) groups is 2. The number of aliphatic carboxylic acids is 1. The smallest absolute Gasteiger partial charge is 0.326 e. The maximum absolute atomic E-state index is 13.5. The van der Waals surface area contributed by atoms with Crippen LogP contribution in [0.5, 0.6) is 0 Å². The van der Waals surface area contributed by atoms with Crippen molar-refractivity contribution < 1.29 is 23.1 Å². The Hall–Kier alpha value is -3.49. The summed E-state index contributed by atoms with van der Waals surface area (Å²) in [5.74, 6) is -2.14. The number of rotatable bonds is 13. The van der Waals surface area contributed by atoms with Crippen LogP contribution >= 0.6 is 0 Å². The molecule has 224 valence electrons. The molecule has 3 aromatic rings. The van der Waals surface area contributed by atoms with Crippen LogP contribution in [0.4, 0.5) is 0 Å². The van der Waals surface area contributed by atoms with E-state index >= 15 is 0 Å². The number of benzene rings is 3. The lowest BCUT2D eigenvalue weighted by atomic mass is 9.70. The molecular weight excluding hydrogens is 548 g/mol. The number of aryl methyl sites for hydroxylation is 1. The molecule has 0 heterocycles. The Balaban J connectivity index is 1.67. The van der Waals surface area contributed by atoms with E-state index in [1.807, 2.05) is 49.4 Å². The molecule has 0 aromatic heterocycles. The molecule has 3 aromatic carbocycles. The fourth-order valence-corrected chi connectivity index (χ4v) is 6.70. The Bertz CT molecular complexity index is 1510. The zero-order valence-electron chi connectivity index (χ0n) is 25.0. The van der Waals surface area contributed by atoms with Crippen LogP contribution < -0.4 is 5.32 Å². The van der Waals surface area contributed by atoms with E-state index in [1.165, 1.54) is 12.0 Å². The first-order valence-electron chi connectivity index (χ1n) is 14.6. The summed E-state index contributed by atoms with van der Waals surface area (Å²) in [5, 5.41) is 12.3. The molecule has 1 fully saturated rings. The van der Waals surface area contributed by atoms with E-state index in [-0.39, 0.29) is 17.7 Å². The number of nitrogens with zero attached hydrogens (tertiary/aromatic N) is 1. The summed E-state index contributed by atoms with van der Waals surface area (Å²) in [6.45, 7) is 7.17. The minimum atomic E-state index is -3.38. The van der Waals surface area contributed by atoms with Gasteiger partial charge in [0.15, 0.2) is 0 Å². The van der Waals surface area contributed by atoms with Crippen molar-refractivity contribution in [2.24, 2.45) is 0 Å². The molecule has 4 rings (SSSR count). The molecule has 0 radical (unpaired) electrons. The third kappa shape index (κ3) is 7.66. The minimum absolute atomic E-state index is 0.0721. The van der Waals surface area contributed by atoms with Crippen LogP contribution in [0.2, 0.25) is 0 Å². The van der Waals surface area contributed by atoms with E-state index in [4.69, 9.17) is 0 Å². The summed E-state index contributed by atoms with van der Waals surface area (Å²) < 4.78 is 23.3. The van der Waals surface area contributed by atoms with Gasteiger partial charge in [-0.15, -0.1) is 0 Å². The van der Waals surface area contributed by atoms with Crippen molar-refractivity contribution in [2.45, 2.75) is 77.0 Å². The number of amides is 1. The molecular formula is C34H42N2O5S. The van der Waals surface area contributed by atoms with Crippen molar-refractivity contribution in [3.8, 4) is 11.1 Å². The van der Waals surface area contributed by atoms with Crippen LogP contribution in [0.25, 0.3) is 11.1 Å². The second-order valence-corrected chi connectivity index (χ2v) is 14.2. The summed E-state index contributed by atoms with van der Waals surface area (Å²) in [5.41, 5.74) is 5.45. The highest BCUT2D eigenvalue weighted by atomic mass is 32.2. The SMILES string of the molecule is Cc1ccccc1-c1cc(CN(C(C)C)C2(Cc3ccccc3)CCC2)ccc1C(=O)N[C@@H](CCS(C)(=O)=O)C(=O)O. The van der Waals surface area contributed by atoms with Crippen LogP contribution in [-0.2, 0) is 27.6 Å². The first-order chi connectivity index (χ1) is 19.9. The maximum atomic E-state index is 13.5. The number of hydrogen-bond donors (Lipinski definition) is 2. The number of sulfone groups is 1. The fourth-order valence-electron chi connectivity index (χ4n) is 6.03. The number of carboxylic acids is 1. The predicted molar refractivity (Wildman–Crippen MR) is 167 cm³/mol. The molecule has 0 unspecified atom stereocenters. The molecule has 0 aliphatic heterocycles. The Morgan fingerprint density at radius 2 is 1.62 bits per heavy atom. The van der Waals surface area contributed by atoms with Crippen molar-refractivity contribution in [3.05, 3.63) is 95.1 Å². The van der Waals surface area contributed by atoms with Gasteiger partial charge in [0.2, 0.25) is 0 Å². The lowest BCUT2D eigenvalue weighted by Gasteiger charge is -2.53. The molecule has 2 N–H and O–H groups in total. The van der Waals surface area contributed by atoms with Gasteiger partial charge in [0.1, 0.15) is 15.9 Å². The van der Waals surface area contributed by atoms with Crippen molar-refractivity contribution in [1.29, 1.82) is 0 Å². The minimum Gasteiger partial charge on any atom is -0.480 e. The monoisotopic (exact) mass is 590 g/mol. The Kier molecular flexibility index (Phi) is 9.89. The highest BCUT2D eigenvalue weighted by Gasteiger charge is 2.43. The van der Waals surface area contributed by atoms with Crippen molar-refractivity contribution in [2.75, 3.05) is 12.0 Å². The normalized spacial score (nSPS) is 15.3. The summed E-state index contributed by atoms with van der Waals surface area (Å²) in [4.78, 5) is 28.0. The second-order valence-electron chi connectivity index (χ2n) is 11.9. The van der Waals surface area contributed by atoms with Crippen molar-refractivity contribution in [3.63, 3.8) is 0 Å². The molecule has 1 saturated carbocycles. The van der Waals surface area contributed by atoms with Crippen molar-refractivity contribution in [1.82, 2.24) is 10.2 Å². The van der Waals surface area contributed by atoms with Gasteiger partial charge in [0, 0.05) is 29.9 Å². The van der Waals surface area contributed by atoms with Gasteiger partial charge in [-0.2, -0.15) is 0 Å². The van der Waals surface area contributed by atoms with E-state index in [1.54, 1.807) is 6.07 Å². The van der Waals surface area contributed by atoms with Gasteiger partial charge >= 0.3 is 5.97 Å². The van der Waals surface area contributed by atoms with Crippen LogP contribution in [-0.4, -0.2) is 59.9 Å². The topological polar surface area (TPSA) is 104 Å². The molecule has 7 nitrogen and oxygen atoms in total. The number of hydrogen-bond acceptors (Lipinski definition) is 5. The summed E-state index contributed by atoms with van der Waals surface area (Å²) in [6.07, 6.45) is 5.31. The first-order valence-corrected chi connectivity index (χ1v) is 16.7. The van der Waals surface area contributed by atoms with Crippen LogP contribution in [0.15, 0.2) is 72.8 Å². The lowest BCUT2D eigenvalue weighted by molar-refractivity contribution is -0.139. The second kappa shape index (κ2) is 13.2. The summed E-state index contributed by atoms with van der Waals surface area (Å²) in [6, 6.07) is 23.2. The summed E-state index contributed by atoms with van der Waals surface area (Å²) >= 11 is 0. The maximum Gasteiger partial charge on any atom is 0.326 e. The van der Waals surface area contributed by atoms with Gasteiger partial charge in [-0.25, -0.2) is 13.2 Å². The molecule has 0 saturated heterocycles. The zero-order valence-corrected chi connectivity index (χ0v) is 25.8. The average Bonchev–Trinajstić information content (AvgIpc) is 2.91. The summed E-state index contributed by atoms with van der Waals surface area (Å²) in [7, 11) is -3.38. The Labute approximate surface area is 249 Å². The lowest BCUT2D eigenvalue weighted by Crippen LogP contribution is -2.57. The van der Waals surface area contributed by atoms with Gasteiger partial charge in [-0.05, 0) is 92.8 Å². The third-order valence-electron chi connectivity index (χ3n) is 8.39. The molecule has 8 heteroatoms. The van der Waals surface area contributed by atoms with E-state index in [0.29, 0.717) is 11.6 Å². The van der Waals surface area contributed by atoms with E-state index < -0.39 is 27.8 Å². The molecule has 0 bridgehead atoms. The van der Waals surface area contributed by atoms with Gasteiger partial charge in [0.25, 0.3) is 5.91 Å². The molecule has 1 atom stereocenters. The highest BCUT2D eigenvalue weighted by molar-refractivity contribution is 7.90. The van der Waals surface area contributed by atoms with Gasteiger partial charge in [0.05, 0.1) is 5.75 Å². The Morgan fingerprint density at radius 3 is 2.19 bits per heavy atom. The molecule has 1 aliphatic carbocycles. The standard InChI is InChI=1S/C34H42N2O5S/c1-24(2)36(34(18-10-19-34)22-26-12-6-5-7-13-26)23-27-15-16-29(30(21-27)28-14-9-8-11-25(28)3)32(37)35-31(33(38)39)17-20-42(4,40)41/h5-9,11-16,21,24,31H,10,17-20,22-23H2,1-4H3,(H,35,37)(H,38,39)/t31-/m0/s1. The van der Waals surface area contributed by atoms with Crippen LogP contribution in [0, 0.1) is 6.92 Å². The van der Waals surface area contributed by atoms with Gasteiger partial charge in [-0.3, -0.25) is 9.69 Å². The van der Waals surface area contributed by atoms with Crippen LogP contribution in [0.3, 0.4) is 0 Å². The van der Waals surface area contributed by atoms with E-state index in [9.17, 15) is 23.1 Å².